The third-order valence-corrected chi connectivity index (χ3v) is 5.93. The lowest BCUT2D eigenvalue weighted by Gasteiger charge is -1.95. The third kappa shape index (κ3) is 3.27. The molecule has 0 amide bonds. The molecule has 0 spiro atoms. The summed E-state index contributed by atoms with van der Waals surface area (Å²) in [7, 11) is 0. The number of thioether (sulfide) groups is 1. The number of fused-ring (bicyclic) bond motifs is 1. The van der Waals surface area contributed by atoms with E-state index in [0.717, 1.165) is 15.6 Å². The SMILES string of the molecule is CSc1ccc(/C=c2/sc3nc(-c4ccc(Br)cc4)nn3c2=O)cc1. The topological polar surface area (TPSA) is 47.3 Å². The number of aromatic nitrogens is 3. The normalized spacial score (nSPS) is 12.2. The Labute approximate surface area is 160 Å². The largest absolute Gasteiger partial charge is 0.291 e. The second kappa shape index (κ2) is 6.74. The minimum Gasteiger partial charge on any atom is -0.266 e. The van der Waals surface area contributed by atoms with Crippen molar-refractivity contribution < 1.29 is 0 Å². The van der Waals surface area contributed by atoms with Crippen LogP contribution < -0.4 is 10.1 Å². The molecular weight excluding hydrogens is 418 g/mol. The van der Waals surface area contributed by atoms with E-state index in [0.29, 0.717) is 15.3 Å². The Morgan fingerprint density at radius 2 is 1.84 bits per heavy atom. The van der Waals surface area contributed by atoms with Crippen LogP contribution in [0, 0.1) is 0 Å². The molecule has 2 aromatic heterocycles. The molecule has 0 saturated carbocycles. The number of benzene rings is 2. The van der Waals surface area contributed by atoms with Gasteiger partial charge in [-0.1, -0.05) is 51.5 Å². The summed E-state index contributed by atoms with van der Waals surface area (Å²) in [6.45, 7) is 0. The van der Waals surface area contributed by atoms with Crippen molar-refractivity contribution >= 4 is 50.1 Å². The molecule has 0 fully saturated rings. The highest BCUT2D eigenvalue weighted by atomic mass is 79.9. The van der Waals surface area contributed by atoms with Crippen molar-refractivity contribution in [2.45, 2.75) is 4.90 Å². The Kier molecular flexibility index (Phi) is 4.45. The van der Waals surface area contributed by atoms with Crippen molar-refractivity contribution in [3.05, 3.63) is 73.5 Å². The van der Waals surface area contributed by atoms with Crippen LogP contribution >= 0.6 is 39.0 Å². The fourth-order valence-electron chi connectivity index (χ4n) is 2.41. The van der Waals surface area contributed by atoms with Crippen LogP contribution in [0.5, 0.6) is 0 Å². The van der Waals surface area contributed by atoms with Crippen molar-refractivity contribution in [3.63, 3.8) is 0 Å². The molecule has 7 heteroatoms. The molecule has 0 radical (unpaired) electrons. The average molecular weight is 430 g/mol. The van der Waals surface area contributed by atoms with Gasteiger partial charge in [0.15, 0.2) is 5.82 Å². The molecule has 0 bridgehead atoms. The molecule has 0 aliphatic rings. The standard InChI is InChI=1S/C18H12BrN3OS2/c1-24-14-8-2-11(3-9-14)10-15-17(23)22-18(25-15)20-16(21-22)12-4-6-13(19)7-5-12/h2-10H,1H3/b15-10+. The Morgan fingerprint density at radius 1 is 1.12 bits per heavy atom. The number of nitrogens with zero attached hydrogens (tertiary/aromatic N) is 3. The van der Waals surface area contributed by atoms with Gasteiger partial charge in [0.05, 0.1) is 4.53 Å². The fraction of sp³-hybridized carbons (Fsp3) is 0.0556. The van der Waals surface area contributed by atoms with Gasteiger partial charge in [-0.15, -0.1) is 16.9 Å². The van der Waals surface area contributed by atoms with Crippen LogP contribution in [0.25, 0.3) is 22.4 Å². The van der Waals surface area contributed by atoms with Crippen LogP contribution in [0.1, 0.15) is 5.56 Å². The molecule has 4 aromatic rings. The van der Waals surface area contributed by atoms with Gasteiger partial charge in [0.25, 0.3) is 5.56 Å². The van der Waals surface area contributed by atoms with Gasteiger partial charge in [0.1, 0.15) is 0 Å². The first-order chi connectivity index (χ1) is 12.1. The number of hydrogen-bond acceptors (Lipinski definition) is 5. The second-order valence-electron chi connectivity index (χ2n) is 5.33. The predicted octanol–water partition coefficient (Wildman–Crippen LogP) is 3.85. The zero-order valence-electron chi connectivity index (χ0n) is 13.1. The van der Waals surface area contributed by atoms with Gasteiger partial charge in [0.2, 0.25) is 4.96 Å². The minimum absolute atomic E-state index is 0.134. The van der Waals surface area contributed by atoms with E-state index in [1.165, 1.54) is 20.7 Å². The van der Waals surface area contributed by atoms with Gasteiger partial charge in [0, 0.05) is 14.9 Å². The molecule has 4 rings (SSSR count). The Hall–Kier alpha value is -1.96. The summed E-state index contributed by atoms with van der Waals surface area (Å²) in [6.07, 6.45) is 3.92. The van der Waals surface area contributed by atoms with E-state index in [2.05, 4.69) is 26.0 Å². The molecular formula is C18H12BrN3OS2. The summed E-state index contributed by atoms with van der Waals surface area (Å²) in [5.74, 6) is 0.562. The first kappa shape index (κ1) is 16.5. The Morgan fingerprint density at radius 3 is 2.48 bits per heavy atom. The number of rotatable bonds is 3. The number of hydrogen-bond donors (Lipinski definition) is 0. The van der Waals surface area contributed by atoms with Gasteiger partial charge in [-0.3, -0.25) is 4.79 Å². The second-order valence-corrected chi connectivity index (χ2v) is 8.13. The molecule has 2 aromatic carbocycles. The maximum absolute atomic E-state index is 12.6. The lowest BCUT2D eigenvalue weighted by molar-refractivity contribution is 0.937. The van der Waals surface area contributed by atoms with Gasteiger partial charge < -0.3 is 0 Å². The molecule has 0 aliphatic heterocycles. The van der Waals surface area contributed by atoms with Crippen LogP contribution in [-0.2, 0) is 0 Å². The number of thiazole rings is 1. The van der Waals surface area contributed by atoms with Crippen LogP contribution in [0.15, 0.2) is 62.7 Å². The van der Waals surface area contributed by atoms with E-state index in [1.807, 2.05) is 60.9 Å². The van der Waals surface area contributed by atoms with E-state index in [9.17, 15) is 4.79 Å². The maximum Gasteiger partial charge on any atom is 0.291 e. The zero-order chi connectivity index (χ0) is 17.4. The van der Waals surface area contributed by atoms with E-state index >= 15 is 0 Å². The predicted molar refractivity (Wildman–Crippen MR) is 107 cm³/mol. The maximum atomic E-state index is 12.6. The average Bonchev–Trinajstić information content (AvgIpc) is 3.16. The molecule has 0 atom stereocenters. The van der Waals surface area contributed by atoms with E-state index in [4.69, 9.17) is 0 Å². The van der Waals surface area contributed by atoms with E-state index < -0.39 is 0 Å². The monoisotopic (exact) mass is 429 g/mol. The number of halogens is 1. The van der Waals surface area contributed by atoms with Gasteiger partial charge in [-0.05, 0) is 42.2 Å². The Bertz CT molecular complexity index is 1150. The molecule has 0 aliphatic carbocycles. The van der Waals surface area contributed by atoms with Gasteiger partial charge in [-0.2, -0.15) is 9.50 Å². The van der Waals surface area contributed by atoms with Crippen molar-refractivity contribution in [3.8, 4) is 11.4 Å². The summed E-state index contributed by atoms with van der Waals surface area (Å²) in [5, 5.41) is 4.37. The summed E-state index contributed by atoms with van der Waals surface area (Å²) >= 11 is 6.45. The van der Waals surface area contributed by atoms with Crippen molar-refractivity contribution in [2.75, 3.05) is 6.26 Å². The lowest BCUT2D eigenvalue weighted by atomic mass is 10.2. The highest BCUT2D eigenvalue weighted by Crippen LogP contribution is 2.19. The molecule has 0 saturated heterocycles. The molecule has 2 heterocycles. The van der Waals surface area contributed by atoms with Crippen molar-refractivity contribution in [1.29, 1.82) is 0 Å². The third-order valence-electron chi connectivity index (χ3n) is 3.70. The minimum atomic E-state index is -0.134. The van der Waals surface area contributed by atoms with Gasteiger partial charge >= 0.3 is 0 Å². The molecule has 4 nitrogen and oxygen atoms in total. The lowest BCUT2D eigenvalue weighted by Crippen LogP contribution is -2.23. The van der Waals surface area contributed by atoms with E-state index in [-0.39, 0.29) is 5.56 Å². The van der Waals surface area contributed by atoms with Crippen LogP contribution in [0.3, 0.4) is 0 Å². The van der Waals surface area contributed by atoms with Crippen LogP contribution in [0.4, 0.5) is 0 Å². The van der Waals surface area contributed by atoms with Gasteiger partial charge in [-0.25, -0.2) is 0 Å². The first-order valence-electron chi connectivity index (χ1n) is 7.45. The van der Waals surface area contributed by atoms with Crippen LogP contribution in [-0.4, -0.2) is 20.9 Å². The summed E-state index contributed by atoms with van der Waals surface area (Å²) < 4.78 is 3.00. The van der Waals surface area contributed by atoms with Crippen molar-refractivity contribution in [1.82, 2.24) is 14.6 Å². The molecule has 124 valence electrons. The highest BCUT2D eigenvalue weighted by molar-refractivity contribution is 9.10. The first-order valence-corrected chi connectivity index (χ1v) is 10.3. The van der Waals surface area contributed by atoms with Crippen molar-refractivity contribution in [2.24, 2.45) is 0 Å². The highest BCUT2D eigenvalue weighted by Gasteiger charge is 2.11. The molecule has 0 unspecified atom stereocenters. The quantitative estimate of drug-likeness (QED) is 0.464. The summed E-state index contributed by atoms with van der Waals surface area (Å²) in [4.78, 5) is 18.9. The molecule has 25 heavy (non-hydrogen) atoms. The smallest absolute Gasteiger partial charge is 0.266 e. The summed E-state index contributed by atoms with van der Waals surface area (Å²) in [6, 6.07) is 15.8. The van der Waals surface area contributed by atoms with E-state index in [1.54, 1.807) is 11.8 Å². The fourth-order valence-corrected chi connectivity index (χ4v) is 3.99. The summed E-state index contributed by atoms with van der Waals surface area (Å²) in [5.41, 5.74) is 1.74. The Balaban J connectivity index is 1.76. The zero-order valence-corrected chi connectivity index (χ0v) is 16.4. The van der Waals surface area contributed by atoms with Crippen LogP contribution in [0.2, 0.25) is 0 Å². The molecule has 0 N–H and O–H groups in total.